The number of aromatic nitrogens is 2. The van der Waals surface area contributed by atoms with Crippen LogP contribution in [0.15, 0.2) is 18.2 Å². The van der Waals surface area contributed by atoms with Crippen molar-refractivity contribution in [3.8, 4) is 11.4 Å². The maximum Gasteiger partial charge on any atom is 0.167 e. The van der Waals surface area contributed by atoms with Crippen molar-refractivity contribution in [3.05, 3.63) is 41.2 Å². The van der Waals surface area contributed by atoms with Gasteiger partial charge in [0, 0.05) is 37.2 Å². The van der Waals surface area contributed by atoms with Crippen LogP contribution < -0.4 is 10.1 Å². The molecule has 0 saturated heterocycles. The number of benzene rings is 1. The lowest BCUT2D eigenvalue weighted by molar-refractivity contribution is 0.386. The predicted octanol–water partition coefficient (Wildman–Crippen LogP) is 2.79. The summed E-state index contributed by atoms with van der Waals surface area (Å²) in [4.78, 5) is 4.75. The summed E-state index contributed by atoms with van der Waals surface area (Å²) in [6.07, 6.45) is 0.905. The molecule has 0 saturated carbocycles. The van der Waals surface area contributed by atoms with Crippen molar-refractivity contribution < 1.29 is 9.13 Å². The maximum absolute atomic E-state index is 14.0. The molecular weight excluding hydrogens is 269 g/mol. The van der Waals surface area contributed by atoms with Crippen molar-refractivity contribution >= 4 is 0 Å². The van der Waals surface area contributed by atoms with Gasteiger partial charge in [0.25, 0.3) is 0 Å². The zero-order valence-electron chi connectivity index (χ0n) is 12.6. The Hall–Kier alpha value is -1.88. The molecule has 21 heavy (non-hydrogen) atoms. The number of halogens is 1. The molecule has 0 spiro atoms. The van der Waals surface area contributed by atoms with Crippen LogP contribution in [-0.4, -0.2) is 23.2 Å². The first-order valence-corrected chi connectivity index (χ1v) is 7.27. The second kappa shape index (κ2) is 5.48. The molecule has 0 atom stereocenters. The zero-order chi connectivity index (χ0) is 15.0. The van der Waals surface area contributed by atoms with Gasteiger partial charge in [-0.1, -0.05) is 13.8 Å². The molecule has 112 valence electrons. The van der Waals surface area contributed by atoms with Crippen LogP contribution in [0.25, 0.3) is 5.69 Å². The van der Waals surface area contributed by atoms with Gasteiger partial charge in [-0.05, 0) is 12.1 Å². The molecule has 5 heteroatoms. The monoisotopic (exact) mass is 289 g/mol. The molecule has 1 aromatic carbocycles. The van der Waals surface area contributed by atoms with Crippen LogP contribution >= 0.6 is 0 Å². The highest BCUT2D eigenvalue weighted by Gasteiger charge is 2.22. The molecule has 1 aliphatic heterocycles. The fourth-order valence-electron chi connectivity index (χ4n) is 2.80. The smallest absolute Gasteiger partial charge is 0.167 e. The first kappa shape index (κ1) is 14.1. The summed E-state index contributed by atoms with van der Waals surface area (Å²) in [5.41, 5.74) is 3.07. The van der Waals surface area contributed by atoms with Gasteiger partial charge in [0.05, 0.1) is 18.5 Å². The number of ether oxygens (including phenoxy) is 1. The van der Waals surface area contributed by atoms with Gasteiger partial charge in [-0.15, -0.1) is 0 Å². The zero-order valence-corrected chi connectivity index (χ0v) is 12.6. The molecular formula is C16H20FN3O. The molecule has 0 unspecified atom stereocenters. The SMILES string of the molecule is COc1ccc(-n2c(C(C)C)nc3c2CCNC3)cc1F. The maximum atomic E-state index is 14.0. The third-order valence-electron chi connectivity index (χ3n) is 3.82. The Morgan fingerprint density at radius 3 is 2.86 bits per heavy atom. The number of imidazole rings is 1. The van der Waals surface area contributed by atoms with Crippen LogP contribution in [0, 0.1) is 5.82 Å². The highest BCUT2D eigenvalue weighted by Crippen LogP contribution is 2.28. The normalized spacial score (nSPS) is 14.3. The molecule has 4 nitrogen and oxygen atoms in total. The average Bonchev–Trinajstić information content (AvgIpc) is 2.86. The summed E-state index contributed by atoms with van der Waals surface area (Å²) < 4.78 is 21.1. The Kier molecular flexibility index (Phi) is 3.68. The molecule has 1 N–H and O–H groups in total. The number of methoxy groups -OCH3 is 1. The summed E-state index contributed by atoms with van der Waals surface area (Å²) in [5.74, 6) is 1.18. The van der Waals surface area contributed by atoms with E-state index in [1.54, 1.807) is 6.07 Å². The molecule has 0 amide bonds. The van der Waals surface area contributed by atoms with Gasteiger partial charge in [-0.25, -0.2) is 9.37 Å². The minimum atomic E-state index is -0.346. The molecule has 3 rings (SSSR count). The number of nitrogens with zero attached hydrogens (tertiary/aromatic N) is 2. The predicted molar refractivity (Wildman–Crippen MR) is 79.6 cm³/mol. The molecule has 1 aromatic heterocycles. The van der Waals surface area contributed by atoms with Crippen molar-refractivity contribution in [1.82, 2.24) is 14.9 Å². The van der Waals surface area contributed by atoms with Crippen LogP contribution in [0.4, 0.5) is 4.39 Å². The van der Waals surface area contributed by atoms with Crippen LogP contribution in [0.5, 0.6) is 5.75 Å². The summed E-state index contributed by atoms with van der Waals surface area (Å²) in [7, 11) is 1.47. The van der Waals surface area contributed by atoms with E-state index < -0.39 is 0 Å². The van der Waals surface area contributed by atoms with E-state index in [-0.39, 0.29) is 17.5 Å². The van der Waals surface area contributed by atoms with Gasteiger partial charge < -0.3 is 14.6 Å². The number of rotatable bonds is 3. The largest absolute Gasteiger partial charge is 0.494 e. The minimum Gasteiger partial charge on any atom is -0.494 e. The second-order valence-electron chi connectivity index (χ2n) is 5.60. The van der Waals surface area contributed by atoms with Crippen molar-refractivity contribution in [3.63, 3.8) is 0 Å². The molecule has 0 fully saturated rings. The summed E-state index contributed by atoms with van der Waals surface area (Å²) >= 11 is 0. The van der Waals surface area contributed by atoms with Crippen LogP contribution in [0.2, 0.25) is 0 Å². The van der Waals surface area contributed by atoms with E-state index in [9.17, 15) is 4.39 Å². The van der Waals surface area contributed by atoms with Crippen LogP contribution in [0.3, 0.4) is 0 Å². The fraction of sp³-hybridized carbons (Fsp3) is 0.438. The van der Waals surface area contributed by atoms with E-state index in [2.05, 4.69) is 23.7 Å². The standard InChI is InChI=1S/C16H20FN3O/c1-10(2)16-19-13-9-18-7-6-14(13)20(16)11-4-5-15(21-3)12(17)8-11/h4-5,8,10,18H,6-7,9H2,1-3H3. The van der Waals surface area contributed by atoms with E-state index in [0.29, 0.717) is 0 Å². The van der Waals surface area contributed by atoms with Crippen molar-refractivity contribution in [2.45, 2.75) is 32.7 Å². The second-order valence-corrected chi connectivity index (χ2v) is 5.60. The van der Waals surface area contributed by atoms with Gasteiger partial charge in [-0.2, -0.15) is 0 Å². The molecule has 2 heterocycles. The van der Waals surface area contributed by atoms with E-state index in [1.165, 1.54) is 18.9 Å². The Labute approximate surface area is 124 Å². The van der Waals surface area contributed by atoms with Crippen LogP contribution in [-0.2, 0) is 13.0 Å². The third-order valence-corrected chi connectivity index (χ3v) is 3.82. The topological polar surface area (TPSA) is 39.1 Å². The van der Waals surface area contributed by atoms with Crippen molar-refractivity contribution in [1.29, 1.82) is 0 Å². The number of hydrogen-bond donors (Lipinski definition) is 1. The first-order valence-electron chi connectivity index (χ1n) is 7.27. The molecule has 0 aliphatic carbocycles. The van der Waals surface area contributed by atoms with E-state index in [1.807, 2.05) is 6.07 Å². The van der Waals surface area contributed by atoms with Gasteiger partial charge in [0.1, 0.15) is 5.82 Å². The Balaban J connectivity index is 2.16. The van der Waals surface area contributed by atoms with Gasteiger partial charge >= 0.3 is 0 Å². The molecule has 1 aliphatic rings. The van der Waals surface area contributed by atoms with E-state index >= 15 is 0 Å². The first-order chi connectivity index (χ1) is 10.1. The lowest BCUT2D eigenvalue weighted by Crippen LogP contribution is -2.24. The highest BCUT2D eigenvalue weighted by atomic mass is 19.1. The Bertz CT molecular complexity index is 664. The molecule has 0 radical (unpaired) electrons. The van der Waals surface area contributed by atoms with Gasteiger partial charge in [-0.3, -0.25) is 0 Å². The van der Waals surface area contributed by atoms with Crippen LogP contribution in [0.1, 0.15) is 37.0 Å². The Morgan fingerprint density at radius 1 is 1.38 bits per heavy atom. The number of nitrogens with one attached hydrogen (secondary N) is 1. The van der Waals surface area contributed by atoms with Crippen molar-refractivity contribution in [2.24, 2.45) is 0 Å². The summed E-state index contributed by atoms with van der Waals surface area (Å²) in [5, 5.41) is 3.33. The summed E-state index contributed by atoms with van der Waals surface area (Å²) in [6, 6.07) is 5.08. The van der Waals surface area contributed by atoms with Crippen molar-refractivity contribution in [2.75, 3.05) is 13.7 Å². The highest BCUT2D eigenvalue weighted by molar-refractivity contribution is 5.43. The lowest BCUT2D eigenvalue weighted by Gasteiger charge is -2.17. The number of fused-ring (bicyclic) bond motifs is 1. The number of hydrogen-bond acceptors (Lipinski definition) is 3. The molecule has 0 bridgehead atoms. The average molecular weight is 289 g/mol. The summed E-state index contributed by atoms with van der Waals surface area (Å²) in [6.45, 7) is 5.92. The lowest BCUT2D eigenvalue weighted by atomic mass is 10.1. The molecule has 2 aromatic rings. The third kappa shape index (κ3) is 2.42. The van der Waals surface area contributed by atoms with E-state index in [0.717, 1.165) is 36.7 Å². The van der Waals surface area contributed by atoms with E-state index in [4.69, 9.17) is 9.72 Å². The quantitative estimate of drug-likeness (QED) is 0.944. The van der Waals surface area contributed by atoms with Gasteiger partial charge in [0.15, 0.2) is 11.6 Å². The van der Waals surface area contributed by atoms with Gasteiger partial charge in [0.2, 0.25) is 0 Å². The Morgan fingerprint density at radius 2 is 2.19 bits per heavy atom. The fourth-order valence-corrected chi connectivity index (χ4v) is 2.80. The minimum absolute atomic E-state index is 0.264.